The summed E-state index contributed by atoms with van der Waals surface area (Å²) < 4.78 is 0. The lowest BCUT2D eigenvalue weighted by Crippen LogP contribution is -2.13. The fourth-order valence-corrected chi connectivity index (χ4v) is 2.17. The predicted octanol–water partition coefficient (Wildman–Crippen LogP) is 4.42. The van der Waals surface area contributed by atoms with Crippen molar-refractivity contribution in [1.29, 1.82) is 0 Å². The summed E-state index contributed by atoms with van der Waals surface area (Å²) in [6, 6.07) is 8.35. The second-order valence-electron chi connectivity index (χ2n) is 5.66. The van der Waals surface area contributed by atoms with Gasteiger partial charge in [0.15, 0.2) is 0 Å². The van der Waals surface area contributed by atoms with Gasteiger partial charge in [-0.15, -0.1) is 11.6 Å². The monoisotopic (exact) mass is 262 g/mol. The molecule has 1 aromatic heterocycles. The lowest BCUT2D eigenvalue weighted by Gasteiger charge is -2.16. The number of imidazole rings is 1. The standard InChI is InChI=1S/C15H19ClN2/c1-10-5-7-11(8-6-10)14-17-12(9-16)13(18-14)15(2,3)4/h5-8H,9H2,1-4H3,(H,17,18). The van der Waals surface area contributed by atoms with Gasteiger partial charge < -0.3 is 4.98 Å². The molecule has 0 bridgehead atoms. The van der Waals surface area contributed by atoms with Gasteiger partial charge >= 0.3 is 0 Å². The lowest BCUT2D eigenvalue weighted by atomic mass is 9.91. The smallest absolute Gasteiger partial charge is 0.137 e. The van der Waals surface area contributed by atoms with E-state index in [-0.39, 0.29) is 5.41 Å². The number of aromatic amines is 1. The van der Waals surface area contributed by atoms with Gasteiger partial charge in [0.1, 0.15) is 5.82 Å². The normalized spacial score (nSPS) is 11.8. The van der Waals surface area contributed by atoms with Crippen molar-refractivity contribution in [3.05, 3.63) is 41.2 Å². The molecular formula is C15H19ClN2. The van der Waals surface area contributed by atoms with Crippen molar-refractivity contribution >= 4 is 11.6 Å². The third kappa shape index (κ3) is 2.59. The summed E-state index contributed by atoms with van der Waals surface area (Å²) in [5.41, 5.74) is 4.41. The van der Waals surface area contributed by atoms with Crippen LogP contribution in [0, 0.1) is 6.92 Å². The van der Waals surface area contributed by atoms with E-state index in [1.165, 1.54) is 5.56 Å². The first-order chi connectivity index (χ1) is 8.41. The number of aryl methyl sites for hydroxylation is 1. The average molecular weight is 263 g/mol. The Bertz CT molecular complexity index is 533. The van der Waals surface area contributed by atoms with Crippen LogP contribution >= 0.6 is 11.6 Å². The zero-order valence-corrected chi connectivity index (χ0v) is 12.1. The van der Waals surface area contributed by atoms with E-state index in [1.807, 2.05) is 0 Å². The van der Waals surface area contributed by atoms with Gasteiger partial charge in [-0.25, -0.2) is 4.98 Å². The molecule has 1 heterocycles. The number of halogens is 1. The van der Waals surface area contributed by atoms with Crippen LogP contribution in [0.2, 0.25) is 0 Å². The molecule has 0 aliphatic carbocycles. The summed E-state index contributed by atoms with van der Waals surface area (Å²) in [7, 11) is 0. The Labute approximate surface area is 113 Å². The van der Waals surface area contributed by atoms with Crippen LogP contribution in [0.4, 0.5) is 0 Å². The van der Waals surface area contributed by atoms with Crippen LogP contribution < -0.4 is 0 Å². The zero-order chi connectivity index (χ0) is 13.3. The molecule has 1 aromatic carbocycles. The Morgan fingerprint density at radius 3 is 2.22 bits per heavy atom. The van der Waals surface area contributed by atoms with Gasteiger partial charge in [0, 0.05) is 11.0 Å². The average Bonchev–Trinajstić information content (AvgIpc) is 2.73. The van der Waals surface area contributed by atoms with Crippen molar-refractivity contribution in [2.24, 2.45) is 0 Å². The molecule has 0 amide bonds. The Morgan fingerprint density at radius 1 is 1.17 bits per heavy atom. The molecule has 3 heteroatoms. The van der Waals surface area contributed by atoms with Crippen molar-refractivity contribution < 1.29 is 0 Å². The summed E-state index contributed by atoms with van der Waals surface area (Å²) in [4.78, 5) is 8.04. The Kier molecular flexibility index (Phi) is 3.49. The molecule has 0 atom stereocenters. The molecule has 0 saturated heterocycles. The Balaban J connectivity index is 2.47. The van der Waals surface area contributed by atoms with E-state index in [2.05, 4.69) is 56.9 Å². The van der Waals surface area contributed by atoms with Crippen molar-refractivity contribution in [3.8, 4) is 11.4 Å². The second kappa shape index (κ2) is 4.77. The third-order valence-corrected chi connectivity index (χ3v) is 3.22. The van der Waals surface area contributed by atoms with Crippen molar-refractivity contribution in [2.75, 3.05) is 0 Å². The third-order valence-electron chi connectivity index (χ3n) is 2.95. The van der Waals surface area contributed by atoms with Gasteiger partial charge in [0.25, 0.3) is 0 Å². The van der Waals surface area contributed by atoms with E-state index < -0.39 is 0 Å². The van der Waals surface area contributed by atoms with E-state index in [0.717, 1.165) is 22.8 Å². The number of nitrogens with one attached hydrogen (secondary N) is 1. The number of aromatic nitrogens is 2. The molecular weight excluding hydrogens is 244 g/mol. The number of hydrogen-bond donors (Lipinski definition) is 1. The van der Waals surface area contributed by atoms with Crippen LogP contribution in [0.5, 0.6) is 0 Å². The lowest BCUT2D eigenvalue weighted by molar-refractivity contribution is 0.567. The molecule has 0 unspecified atom stereocenters. The van der Waals surface area contributed by atoms with E-state index in [0.29, 0.717) is 5.88 Å². The van der Waals surface area contributed by atoms with Gasteiger partial charge in [-0.3, -0.25) is 0 Å². The quantitative estimate of drug-likeness (QED) is 0.798. The summed E-state index contributed by atoms with van der Waals surface area (Å²) in [6.07, 6.45) is 0. The van der Waals surface area contributed by atoms with Gasteiger partial charge in [-0.05, 0) is 6.92 Å². The Morgan fingerprint density at radius 2 is 1.78 bits per heavy atom. The highest BCUT2D eigenvalue weighted by Gasteiger charge is 2.22. The van der Waals surface area contributed by atoms with E-state index in [4.69, 9.17) is 16.6 Å². The fraction of sp³-hybridized carbons (Fsp3) is 0.400. The maximum atomic E-state index is 5.99. The van der Waals surface area contributed by atoms with Crippen LogP contribution in [-0.2, 0) is 11.3 Å². The minimum atomic E-state index is 0.00364. The van der Waals surface area contributed by atoms with E-state index >= 15 is 0 Å². The second-order valence-corrected chi connectivity index (χ2v) is 5.93. The van der Waals surface area contributed by atoms with Crippen molar-refractivity contribution in [1.82, 2.24) is 9.97 Å². The number of alkyl halides is 1. The van der Waals surface area contributed by atoms with Crippen LogP contribution in [0.25, 0.3) is 11.4 Å². The largest absolute Gasteiger partial charge is 0.341 e. The number of hydrogen-bond acceptors (Lipinski definition) is 1. The maximum Gasteiger partial charge on any atom is 0.137 e. The van der Waals surface area contributed by atoms with Crippen LogP contribution in [-0.4, -0.2) is 9.97 Å². The number of H-pyrrole nitrogens is 1. The number of rotatable bonds is 2. The van der Waals surface area contributed by atoms with Gasteiger partial charge in [0.05, 0.1) is 17.3 Å². The van der Waals surface area contributed by atoms with Crippen molar-refractivity contribution in [3.63, 3.8) is 0 Å². The fourth-order valence-electron chi connectivity index (χ4n) is 1.97. The minimum absolute atomic E-state index is 0.00364. The number of benzene rings is 1. The topological polar surface area (TPSA) is 28.7 Å². The zero-order valence-electron chi connectivity index (χ0n) is 11.3. The first-order valence-corrected chi connectivity index (χ1v) is 6.67. The van der Waals surface area contributed by atoms with Crippen LogP contribution in [0.1, 0.15) is 37.7 Å². The minimum Gasteiger partial charge on any atom is -0.341 e. The molecule has 96 valence electrons. The predicted molar refractivity (Wildman–Crippen MR) is 77.0 cm³/mol. The maximum absolute atomic E-state index is 5.99. The highest BCUT2D eigenvalue weighted by molar-refractivity contribution is 6.17. The van der Waals surface area contributed by atoms with Gasteiger partial charge in [-0.2, -0.15) is 0 Å². The highest BCUT2D eigenvalue weighted by atomic mass is 35.5. The summed E-state index contributed by atoms with van der Waals surface area (Å²) in [5, 5.41) is 0. The molecule has 2 aromatic rings. The summed E-state index contributed by atoms with van der Waals surface area (Å²) >= 11 is 5.99. The first kappa shape index (κ1) is 13.2. The molecule has 0 aliphatic rings. The van der Waals surface area contributed by atoms with E-state index in [1.54, 1.807) is 0 Å². The number of nitrogens with zero attached hydrogens (tertiary/aromatic N) is 1. The molecule has 0 radical (unpaired) electrons. The molecule has 2 rings (SSSR count). The molecule has 0 fully saturated rings. The van der Waals surface area contributed by atoms with Crippen molar-refractivity contribution in [2.45, 2.75) is 39.0 Å². The molecule has 0 spiro atoms. The molecule has 2 nitrogen and oxygen atoms in total. The van der Waals surface area contributed by atoms with E-state index in [9.17, 15) is 0 Å². The van der Waals surface area contributed by atoms with Gasteiger partial charge in [-0.1, -0.05) is 50.6 Å². The van der Waals surface area contributed by atoms with Gasteiger partial charge in [0.2, 0.25) is 0 Å². The summed E-state index contributed by atoms with van der Waals surface area (Å²) in [5.74, 6) is 1.36. The molecule has 0 aliphatic heterocycles. The van der Waals surface area contributed by atoms with Crippen LogP contribution in [0.3, 0.4) is 0 Å². The summed E-state index contributed by atoms with van der Waals surface area (Å²) in [6.45, 7) is 8.53. The molecule has 1 N–H and O–H groups in total. The molecule has 0 saturated carbocycles. The first-order valence-electron chi connectivity index (χ1n) is 6.14. The SMILES string of the molecule is Cc1ccc(-c2nc(C(C)(C)C)c(CCl)[nH]2)cc1. The Hall–Kier alpha value is -1.28. The van der Waals surface area contributed by atoms with Crippen LogP contribution in [0.15, 0.2) is 24.3 Å². The highest BCUT2D eigenvalue weighted by Crippen LogP contribution is 2.28. The molecule has 18 heavy (non-hydrogen) atoms.